The van der Waals surface area contributed by atoms with Crippen LogP contribution >= 0.6 is 0 Å². The molecule has 0 aromatic heterocycles. The van der Waals surface area contributed by atoms with Gasteiger partial charge < -0.3 is 10.8 Å². The van der Waals surface area contributed by atoms with Gasteiger partial charge in [-0.2, -0.15) is 0 Å². The number of nitrogens with zero attached hydrogens (tertiary/aromatic N) is 1. The Morgan fingerprint density at radius 2 is 1.84 bits per heavy atom. The minimum atomic E-state index is -0.789. The van der Waals surface area contributed by atoms with Gasteiger partial charge in [-0.15, -0.1) is 0 Å². The van der Waals surface area contributed by atoms with Gasteiger partial charge in [0.25, 0.3) is 0 Å². The van der Waals surface area contributed by atoms with Gasteiger partial charge in [0.2, 0.25) is 0 Å². The molecule has 0 spiro atoms. The molecule has 0 saturated heterocycles. The van der Waals surface area contributed by atoms with Crippen LogP contribution in [0.25, 0.3) is 0 Å². The molecule has 1 fully saturated rings. The minimum Gasteiger partial charge on any atom is -0.481 e. The quantitative estimate of drug-likeness (QED) is 0.589. The molecular formula is C20H28N2O3. The van der Waals surface area contributed by atoms with Gasteiger partial charge in [0.15, 0.2) is 5.78 Å². The maximum absolute atomic E-state index is 12.3. The van der Waals surface area contributed by atoms with Crippen LogP contribution in [0.3, 0.4) is 0 Å². The van der Waals surface area contributed by atoms with E-state index in [1.54, 1.807) is 6.92 Å². The predicted molar refractivity (Wildman–Crippen MR) is 97.1 cm³/mol. The van der Waals surface area contributed by atoms with Gasteiger partial charge >= 0.3 is 5.97 Å². The fourth-order valence-corrected chi connectivity index (χ4v) is 4.90. The molecule has 0 aliphatic heterocycles. The van der Waals surface area contributed by atoms with Crippen LogP contribution in [0.4, 0.5) is 0 Å². The van der Waals surface area contributed by atoms with Crippen LogP contribution in [0.15, 0.2) is 27.4 Å². The van der Waals surface area contributed by atoms with Crippen LogP contribution in [-0.4, -0.2) is 22.7 Å². The number of allylic oxidation sites excluding steroid dienone is 3. The van der Waals surface area contributed by atoms with Crippen LogP contribution in [0.5, 0.6) is 0 Å². The number of aliphatic imine (C=N–C) groups is 1. The summed E-state index contributed by atoms with van der Waals surface area (Å²) in [6.07, 6.45) is 7.30. The normalized spacial score (nSPS) is 30.0. The standard InChI is InChI=1S/C20H28N2O3/c1-3-12-13-9-6-10-14(13)17(11(2)23)18(12)22-19(21)15-7-4-5-8-16(15)20(24)25/h12,15-16H,3-10H2,1-2H3,(H2,21,22)(H,24,25). The smallest absolute Gasteiger partial charge is 0.307 e. The van der Waals surface area contributed by atoms with E-state index in [9.17, 15) is 14.7 Å². The van der Waals surface area contributed by atoms with E-state index < -0.39 is 11.9 Å². The minimum absolute atomic E-state index is 0.0512. The van der Waals surface area contributed by atoms with E-state index in [2.05, 4.69) is 6.92 Å². The summed E-state index contributed by atoms with van der Waals surface area (Å²) in [5.74, 6) is -0.847. The lowest BCUT2D eigenvalue weighted by molar-refractivity contribution is -0.143. The molecule has 0 heterocycles. The Bertz CT molecular complexity index is 687. The number of ketones is 1. The van der Waals surface area contributed by atoms with Gasteiger partial charge in [-0.1, -0.05) is 25.3 Å². The molecule has 0 aromatic rings. The zero-order valence-electron chi connectivity index (χ0n) is 15.2. The summed E-state index contributed by atoms with van der Waals surface area (Å²) < 4.78 is 0. The average Bonchev–Trinajstić information content (AvgIpc) is 3.14. The molecule has 1 saturated carbocycles. The topological polar surface area (TPSA) is 92.8 Å². The average molecular weight is 344 g/mol. The molecule has 3 aliphatic carbocycles. The van der Waals surface area contributed by atoms with Crippen LogP contribution in [0.2, 0.25) is 0 Å². The van der Waals surface area contributed by atoms with Crippen molar-refractivity contribution in [1.29, 1.82) is 0 Å². The van der Waals surface area contributed by atoms with Gasteiger partial charge in [0.05, 0.1) is 11.6 Å². The van der Waals surface area contributed by atoms with Crippen LogP contribution in [0, 0.1) is 17.8 Å². The largest absolute Gasteiger partial charge is 0.481 e. The molecule has 3 atom stereocenters. The molecule has 0 radical (unpaired) electrons. The molecule has 3 aliphatic rings. The van der Waals surface area contributed by atoms with Crippen molar-refractivity contribution >= 4 is 17.6 Å². The molecule has 5 heteroatoms. The summed E-state index contributed by atoms with van der Waals surface area (Å²) in [6, 6.07) is 0. The molecule has 25 heavy (non-hydrogen) atoms. The Hall–Kier alpha value is -1.91. The molecule has 3 unspecified atom stereocenters. The first-order chi connectivity index (χ1) is 12.0. The Balaban J connectivity index is 1.98. The van der Waals surface area contributed by atoms with Gasteiger partial charge in [0, 0.05) is 17.4 Å². The molecular weight excluding hydrogens is 316 g/mol. The first-order valence-electron chi connectivity index (χ1n) is 9.49. The second-order valence-corrected chi connectivity index (χ2v) is 7.51. The first kappa shape index (κ1) is 17.9. The van der Waals surface area contributed by atoms with Crippen molar-refractivity contribution in [2.75, 3.05) is 0 Å². The lowest BCUT2D eigenvalue weighted by Gasteiger charge is -2.28. The number of nitrogens with two attached hydrogens (primary N) is 1. The van der Waals surface area contributed by atoms with E-state index in [-0.39, 0.29) is 17.6 Å². The Morgan fingerprint density at radius 3 is 2.44 bits per heavy atom. The Morgan fingerprint density at radius 1 is 1.16 bits per heavy atom. The van der Waals surface area contributed by atoms with Gasteiger partial charge in [-0.3, -0.25) is 9.59 Å². The van der Waals surface area contributed by atoms with Gasteiger partial charge in [0.1, 0.15) is 5.84 Å². The van der Waals surface area contributed by atoms with Gasteiger partial charge in [-0.05, 0) is 51.0 Å². The SMILES string of the molecule is CCC1C2=C(CCC2)C(C(C)=O)=C1N=C(N)C1CCCCC1C(=O)O. The number of carboxylic acid groups (broad SMARTS) is 1. The van der Waals surface area contributed by atoms with Crippen molar-refractivity contribution in [3.05, 3.63) is 22.4 Å². The third-order valence-electron chi connectivity index (χ3n) is 6.04. The lowest BCUT2D eigenvalue weighted by Crippen LogP contribution is -2.37. The summed E-state index contributed by atoms with van der Waals surface area (Å²) in [5.41, 5.74) is 10.4. The number of carbonyl (C=O) groups is 2. The molecule has 3 N–H and O–H groups in total. The summed E-state index contributed by atoms with van der Waals surface area (Å²) in [6.45, 7) is 3.71. The van der Waals surface area contributed by atoms with Crippen LogP contribution in [0.1, 0.15) is 65.2 Å². The fourth-order valence-electron chi connectivity index (χ4n) is 4.90. The third-order valence-corrected chi connectivity index (χ3v) is 6.04. The van der Waals surface area contributed by atoms with Crippen molar-refractivity contribution < 1.29 is 14.7 Å². The number of aliphatic carboxylic acids is 1. The van der Waals surface area contributed by atoms with E-state index in [1.165, 1.54) is 11.1 Å². The van der Waals surface area contributed by atoms with E-state index >= 15 is 0 Å². The highest BCUT2D eigenvalue weighted by molar-refractivity contribution is 6.01. The van der Waals surface area contributed by atoms with Crippen molar-refractivity contribution in [2.45, 2.75) is 65.2 Å². The van der Waals surface area contributed by atoms with Crippen LogP contribution in [-0.2, 0) is 9.59 Å². The molecule has 0 bridgehead atoms. The number of amidine groups is 1. The Labute approximate surface area is 149 Å². The highest BCUT2D eigenvalue weighted by Crippen LogP contribution is 2.48. The second kappa shape index (κ2) is 7.14. The summed E-state index contributed by atoms with van der Waals surface area (Å²) >= 11 is 0. The van der Waals surface area contributed by atoms with E-state index in [4.69, 9.17) is 10.7 Å². The summed E-state index contributed by atoms with van der Waals surface area (Å²) in [7, 11) is 0. The van der Waals surface area contributed by atoms with E-state index in [1.807, 2.05) is 0 Å². The number of carboxylic acids is 1. The lowest BCUT2D eigenvalue weighted by atomic mass is 9.78. The maximum atomic E-state index is 12.3. The molecule has 5 nitrogen and oxygen atoms in total. The number of carbonyl (C=O) groups excluding carboxylic acids is 1. The number of hydrogen-bond donors (Lipinski definition) is 2. The zero-order chi connectivity index (χ0) is 18.1. The maximum Gasteiger partial charge on any atom is 0.307 e. The zero-order valence-corrected chi connectivity index (χ0v) is 15.2. The van der Waals surface area contributed by atoms with Crippen LogP contribution < -0.4 is 5.73 Å². The second-order valence-electron chi connectivity index (χ2n) is 7.51. The highest BCUT2D eigenvalue weighted by atomic mass is 16.4. The number of rotatable bonds is 5. The van der Waals surface area contributed by atoms with Crippen molar-refractivity contribution in [2.24, 2.45) is 28.5 Å². The highest BCUT2D eigenvalue weighted by Gasteiger charge is 2.38. The van der Waals surface area contributed by atoms with Gasteiger partial charge in [-0.25, -0.2) is 4.99 Å². The predicted octanol–water partition coefficient (Wildman–Crippen LogP) is 3.60. The van der Waals surface area contributed by atoms with E-state index in [0.29, 0.717) is 12.3 Å². The fraction of sp³-hybridized carbons (Fsp3) is 0.650. The molecule has 3 rings (SSSR count). The first-order valence-corrected chi connectivity index (χ1v) is 9.49. The monoisotopic (exact) mass is 344 g/mol. The molecule has 0 aromatic carbocycles. The third kappa shape index (κ3) is 3.16. The molecule has 0 amide bonds. The summed E-state index contributed by atoms with van der Waals surface area (Å²) in [5, 5.41) is 9.50. The van der Waals surface area contributed by atoms with Crippen molar-refractivity contribution in [3.63, 3.8) is 0 Å². The van der Waals surface area contributed by atoms with E-state index in [0.717, 1.165) is 56.2 Å². The number of Topliss-reactive ketones (excluding diaryl/α,β-unsaturated/α-hetero) is 1. The Kier molecular flexibility index (Phi) is 5.11. The number of hydrogen-bond acceptors (Lipinski definition) is 3. The summed E-state index contributed by atoms with van der Waals surface area (Å²) in [4.78, 5) is 28.6. The molecule has 136 valence electrons. The van der Waals surface area contributed by atoms with Crippen molar-refractivity contribution in [3.8, 4) is 0 Å². The van der Waals surface area contributed by atoms with Crippen molar-refractivity contribution in [1.82, 2.24) is 0 Å².